The maximum absolute atomic E-state index is 11.1. The van der Waals surface area contributed by atoms with Gasteiger partial charge in [0.05, 0.1) is 11.1 Å². The number of hydrogen-bond acceptors (Lipinski definition) is 3. The highest BCUT2D eigenvalue weighted by Crippen LogP contribution is 2.30. The zero-order valence-corrected chi connectivity index (χ0v) is 10.8. The first kappa shape index (κ1) is 12.5. The lowest BCUT2D eigenvalue weighted by molar-refractivity contribution is -0.146. The lowest BCUT2D eigenvalue weighted by atomic mass is 9.93. The molecule has 0 unspecified atom stereocenters. The summed E-state index contributed by atoms with van der Waals surface area (Å²) in [7, 11) is 1.88. The van der Waals surface area contributed by atoms with Gasteiger partial charge >= 0.3 is 5.97 Å². The largest absolute Gasteiger partial charge is 0.481 e. The Labute approximate surface area is 106 Å². The first-order valence-corrected chi connectivity index (χ1v) is 5.82. The number of carboxylic acids is 1. The molecule has 0 saturated heterocycles. The number of benzene rings is 1. The van der Waals surface area contributed by atoms with Gasteiger partial charge in [0.2, 0.25) is 0 Å². The number of hydrogen-bond donors (Lipinski definition) is 1. The van der Waals surface area contributed by atoms with Gasteiger partial charge in [-0.15, -0.1) is 0 Å². The van der Waals surface area contributed by atoms with Crippen molar-refractivity contribution in [1.29, 1.82) is 0 Å². The van der Waals surface area contributed by atoms with E-state index in [0.29, 0.717) is 6.54 Å². The molecule has 2 aromatic rings. The second-order valence-electron chi connectivity index (χ2n) is 5.16. The normalized spacial score (nSPS) is 11.7. The number of carboxylic acid groups (broad SMARTS) is 1. The molecular formula is C14H17NO3. The molecule has 1 aromatic carbocycles. The predicted octanol–water partition coefficient (Wildman–Crippen LogP) is 2.98. The van der Waals surface area contributed by atoms with Crippen LogP contribution in [-0.2, 0) is 4.79 Å². The van der Waals surface area contributed by atoms with Gasteiger partial charge < -0.3 is 14.4 Å². The van der Waals surface area contributed by atoms with E-state index in [4.69, 9.17) is 9.52 Å². The first-order valence-electron chi connectivity index (χ1n) is 5.82. The van der Waals surface area contributed by atoms with Gasteiger partial charge in [0, 0.05) is 19.0 Å². The number of carbonyl (C=O) groups is 1. The summed E-state index contributed by atoms with van der Waals surface area (Å²) in [6, 6.07) is 7.72. The molecule has 96 valence electrons. The quantitative estimate of drug-likeness (QED) is 0.902. The molecule has 0 saturated carbocycles. The fraction of sp³-hybridized carbons (Fsp3) is 0.357. The molecule has 0 amide bonds. The molecule has 0 fully saturated rings. The van der Waals surface area contributed by atoms with Crippen LogP contribution in [-0.4, -0.2) is 24.7 Å². The molecule has 0 aliphatic rings. The zero-order valence-electron chi connectivity index (χ0n) is 10.8. The van der Waals surface area contributed by atoms with Crippen molar-refractivity contribution in [2.24, 2.45) is 5.41 Å². The first-order chi connectivity index (χ1) is 8.42. The monoisotopic (exact) mass is 247 g/mol. The van der Waals surface area contributed by atoms with Gasteiger partial charge in [-0.2, -0.15) is 0 Å². The van der Waals surface area contributed by atoms with E-state index in [-0.39, 0.29) is 0 Å². The predicted molar refractivity (Wildman–Crippen MR) is 70.9 cm³/mol. The summed E-state index contributed by atoms with van der Waals surface area (Å²) in [4.78, 5) is 13.1. The van der Waals surface area contributed by atoms with Crippen LogP contribution in [0, 0.1) is 5.41 Å². The molecule has 0 atom stereocenters. The summed E-state index contributed by atoms with van der Waals surface area (Å²) in [6.07, 6.45) is 1.67. The highest BCUT2D eigenvalue weighted by atomic mass is 16.4. The minimum atomic E-state index is -0.804. The maximum Gasteiger partial charge on any atom is 0.310 e. The maximum atomic E-state index is 11.1. The van der Waals surface area contributed by atoms with Gasteiger partial charge in [0.15, 0.2) is 0 Å². The van der Waals surface area contributed by atoms with Crippen LogP contribution >= 0.6 is 0 Å². The van der Waals surface area contributed by atoms with Gasteiger partial charge in [0.1, 0.15) is 11.8 Å². The molecule has 4 heteroatoms. The molecule has 1 aromatic heterocycles. The van der Waals surface area contributed by atoms with Gasteiger partial charge in [-0.25, -0.2) is 0 Å². The SMILES string of the molecule is CN(CC(C)(C)C(=O)O)c1coc2ccccc12. The fourth-order valence-corrected chi connectivity index (χ4v) is 2.01. The average molecular weight is 247 g/mol. The van der Waals surface area contributed by atoms with E-state index in [9.17, 15) is 4.79 Å². The van der Waals surface area contributed by atoms with Crippen molar-refractivity contribution in [2.75, 3.05) is 18.5 Å². The molecule has 0 spiro atoms. The van der Waals surface area contributed by atoms with Crippen molar-refractivity contribution in [3.8, 4) is 0 Å². The number of aliphatic carboxylic acids is 1. The number of fused-ring (bicyclic) bond motifs is 1. The fourth-order valence-electron chi connectivity index (χ4n) is 2.01. The summed E-state index contributed by atoms with van der Waals surface area (Å²) in [5.74, 6) is -0.804. The van der Waals surface area contributed by atoms with Crippen LogP contribution in [0.15, 0.2) is 34.9 Å². The van der Waals surface area contributed by atoms with Crippen LogP contribution < -0.4 is 4.90 Å². The van der Waals surface area contributed by atoms with E-state index in [0.717, 1.165) is 16.7 Å². The van der Waals surface area contributed by atoms with Crippen LogP contribution in [0.1, 0.15) is 13.8 Å². The van der Waals surface area contributed by atoms with E-state index >= 15 is 0 Å². The van der Waals surface area contributed by atoms with Crippen LogP contribution in [0.4, 0.5) is 5.69 Å². The number of rotatable bonds is 4. The van der Waals surface area contributed by atoms with Crippen molar-refractivity contribution in [3.05, 3.63) is 30.5 Å². The van der Waals surface area contributed by atoms with Crippen molar-refractivity contribution in [3.63, 3.8) is 0 Å². The minimum absolute atomic E-state index is 0.422. The summed E-state index contributed by atoms with van der Waals surface area (Å²) in [5, 5.41) is 10.2. The standard InChI is InChI=1S/C14H17NO3/c1-14(2,13(16)17)9-15(3)11-8-18-12-7-5-4-6-10(11)12/h4-8H,9H2,1-3H3,(H,16,17). The van der Waals surface area contributed by atoms with Crippen LogP contribution in [0.25, 0.3) is 11.0 Å². The van der Waals surface area contributed by atoms with Gasteiger partial charge in [-0.1, -0.05) is 12.1 Å². The molecule has 0 bridgehead atoms. The second kappa shape index (κ2) is 4.37. The summed E-state index contributed by atoms with van der Waals surface area (Å²) in [5.41, 5.74) is 0.931. The summed E-state index contributed by atoms with van der Waals surface area (Å²) < 4.78 is 5.46. The smallest absolute Gasteiger partial charge is 0.310 e. The Hall–Kier alpha value is -1.97. The Morgan fingerprint density at radius 2 is 2.06 bits per heavy atom. The number of furan rings is 1. The van der Waals surface area contributed by atoms with Crippen LogP contribution in [0.5, 0.6) is 0 Å². The molecule has 1 heterocycles. The third-order valence-electron chi connectivity index (χ3n) is 3.08. The number of para-hydroxylation sites is 1. The Kier molecular flexibility index (Phi) is 3.03. The number of nitrogens with zero attached hydrogens (tertiary/aromatic N) is 1. The lowest BCUT2D eigenvalue weighted by Crippen LogP contribution is -2.37. The van der Waals surface area contributed by atoms with Crippen molar-refractivity contribution >= 4 is 22.6 Å². The Morgan fingerprint density at radius 3 is 2.72 bits per heavy atom. The third-order valence-corrected chi connectivity index (χ3v) is 3.08. The van der Waals surface area contributed by atoms with Crippen molar-refractivity contribution < 1.29 is 14.3 Å². The van der Waals surface area contributed by atoms with Crippen LogP contribution in [0.3, 0.4) is 0 Å². The van der Waals surface area contributed by atoms with E-state index < -0.39 is 11.4 Å². The highest BCUT2D eigenvalue weighted by molar-refractivity contribution is 5.91. The lowest BCUT2D eigenvalue weighted by Gasteiger charge is -2.27. The topological polar surface area (TPSA) is 53.7 Å². The van der Waals surface area contributed by atoms with Gasteiger partial charge in [-0.3, -0.25) is 4.79 Å². The van der Waals surface area contributed by atoms with E-state index in [1.54, 1.807) is 20.1 Å². The third kappa shape index (κ3) is 2.18. The highest BCUT2D eigenvalue weighted by Gasteiger charge is 2.29. The van der Waals surface area contributed by atoms with Crippen LogP contribution in [0.2, 0.25) is 0 Å². The van der Waals surface area contributed by atoms with E-state index in [1.165, 1.54) is 0 Å². The zero-order chi connectivity index (χ0) is 13.3. The Bertz CT molecular complexity index is 571. The molecule has 1 N–H and O–H groups in total. The summed E-state index contributed by atoms with van der Waals surface area (Å²) in [6.45, 7) is 3.86. The van der Waals surface area contributed by atoms with E-state index in [2.05, 4.69) is 0 Å². The van der Waals surface area contributed by atoms with E-state index in [1.807, 2.05) is 36.2 Å². The van der Waals surface area contributed by atoms with Gasteiger partial charge in [0.25, 0.3) is 0 Å². The molecule has 0 radical (unpaired) electrons. The summed E-state index contributed by atoms with van der Waals surface area (Å²) >= 11 is 0. The molecule has 4 nitrogen and oxygen atoms in total. The molecule has 0 aliphatic carbocycles. The van der Waals surface area contributed by atoms with Gasteiger partial charge in [-0.05, 0) is 26.0 Å². The average Bonchev–Trinajstić information content (AvgIpc) is 2.71. The minimum Gasteiger partial charge on any atom is -0.481 e. The van der Waals surface area contributed by atoms with Crippen molar-refractivity contribution in [2.45, 2.75) is 13.8 Å². The van der Waals surface area contributed by atoms with Crippen molar-refractivity contribution in [1.82, 2.24) is 0 Å². The number of anilines is 1. The molecule has 18 heavy (non-hydrogen) atoms. The molecule has 2 rings (SSSR count). The Balaban J connectivity index is 2.29. The molecule has 0 aliphatic heterocycles. The molecular weight excluding hydrogens is 230 g/mol. The Morgan fingerprint density at radius 1 is 1.39 bits per heavy atom. The second-order valence-corrected chi connectivity index (χ2v) is 5.16.